The number of nitrogens with zero attached hydrogens (tertiary/aromatic N) is 1. The van der Waals surface area contributed by atoms with E-state index in [1.807, 2.05) is 0 Å². The molecule has 0 radical (unpaired) electrons. The Labute approximate surface area is 93.9 Å². The van der Waals surface area contributed by atoms with Crippen LogP contribution in [0.2, 0.25) is 0 Å². The largest absolute Gasteiger partial charge is 0.481 e. The lowest BCUT2D eigenvalue weighted by molar-refractivity contribution is -0.136. The van der Waals surface area contributed by atoms with Crippen LogP contribution in [0.3, 0.4) is 0 Å². The zero-order chi connectivity index (χ0) is 11.4. The molecule has 1 atom stereocenters. The normalized spacial score (nSPS) is 20.9. The van der Waals surface area contributed by atoms with Crippen LogP contribution in [0, 0.1) is 0 Å². The van der Waals surface area contributed by atoms with E-state index < -0.39 is 5.97 Å². The molecule has 1 unspecified atom stereocenters. The zero-order valence-electron chi connectivity index (χ0n) is 9.11. The molecule has 0 spiro atoms. The van der Waals surface area contributed by atoms with Gasteiger partial charge in [-0.05, 0) is 19.4 Å². The third kappa shape index (κ3) is 2.82. The van der Waals surface area contributed by atoms with Crippen LogP contribution < -0.4 is 5.32 Å². The summed E-state index contributed by atoms with van der Waals surface area (Å²) < 4.78 is 5.37. The number of piperidine rings is 1. The van der Waals surface area contributed by atoms with Crippen molar-refractivity contribution in [3.8, 4) is 0 Å². The summed E-state index contributed by atoms with van der Waals surface area (Å²) in [6, 6.07) is 0.201. The molecule has 16 heavy (non-hydrogen) atoms. The van der Waals surface area contributed by atoms with E-state index in [0.717, 1.165) is 18.7 Å². The van der Waals surface area contributed by atoms with E-state index in [1.54, 1.807) is 6.26 Å². The molecule has 0 amide bonds. The van der Waals surface area contributed by atoms with Crippen molar-refractivity contribution in [2.75, 3.05) is 6.54 Å². The fourth-order valence-corrected chi connectivity index (χ4v) is 1.90. The van der Waals surface area contributed by atoms with Crippen molar-refractivity contribution in [1.82, 2.24) is 10.3 Å². The van der Waals surface area contributed by atoms with Crippen LogP contribution >= 0.6 is 0 Å². The fourth-order valence-electron chi connectivity index (χ4n) is 1.90. The lowest BCUT2D eigenvalue weighted by atomic mass is 10.1. The second kappa shape index (κ2) is 5.12. The van der Waals surface area contributed by atoms with Crippen molar-refractivity contribution in [2.45, 2.75) is 38.1 Å². The Kier molecular flexibility index (Phi) is 3.56. The average Bonchev–Trinajstić information content (AvgIpc) is 2.76. The monoisotopic (exact) mass is 224 g/mol. The molecule has 2 heterocycles. The molecule has 1 saturated heterocycles. The van der Waals surface area contributed by atoms with Crippen LogP contribution in [0.25, 0.3) is 0 Å². The van der Waals surface area contributed by atoms with Gasteiger partial charge in [0, 0.05) is 6.42 Å². The smallest absolute Gasteiger partial charge is 0.303 e. The van der Waals surface area contributed by atoms with Gasteiger partial charge in [-0.1, -0.05) is 6.42 Å². The van der Waals surface area contributed by atoms with E-state index in [4.69, 9.17) is 9.52 Å². The number of carboxylic acid groups (broad SMARTS) is 1. The van der Waals surface area contributed by atoms with Gasteiger partial charge in [-0.3, -0.25) is 4.79 Å². The fraction of sp³-hybridized carbons (Fsp3) is 0.636. The van der Waals surface area contributed by atoms with Crippen molar-refractivity contribution in [2.24, 2.45) is 0 Å². The Balaban J connectivity index is 1.93. The highest BCUT2D eigenvalue weighted by molar-refractivity contribution is 5.66. The highest BCUT2D eigenvalue weighted by Gasteiger charge is 2.19. The van der Waals surface area contributed by atoms with Crippen LogP contribution in [0.4, 0.5) is 0 Å². The number of oxazole rings is 1. The summed E-state index contributed by atoms with van der Waals surface area (Å²) in [6.07, 6.45) is 5.52. The van der Waals surface area contributed by atoms with Gasteiger partial charge in [-0.15, -0.1) is 0 Å². The maximum atomic E-state index is 10.4. The van der Waals surface area contributed by atoms with Gasteiger partial charge in [-0.2, -0.15) is 0 Å². The number of aliphatic carboxylic acids is 1. The molecule has 2 N–H and O–H groups in total. The van der Waals surface area contributed by atoms with Crippen molar-refractivity contribution >= 4 is 5.97 Å². The van der Waals surface area contributed by atoms with Crippen LogP contribution in [-0.2, 0) is 11.2 Å². The van der Waals surface area contributed by atoms with Gasteiger partial charge in [0.2, 0.25) is 5.89 Å². The number of rotatable bonds is 4. The first kappa shape index (κ1) is 11.1. The maximum absolute atomic E-state index is 10.4. The predicted molar refractivity (Wildman–Crippen MR) is 57.1 cm³/mol. The Bertz CT molecular complexity index is 356. The highest BCUT2D eigenvalue weighted by atomic mass is 16.4. The van der Waals surface area contributed by atoms with Crippen molar-refractivity contribution in [1.29, 1.82) is 0 Å². The molecule has 5 heteroatoms. The summed E-state index contributed by atoms with van der Waals surface area (Å²) in [7, 11) is 0. The molecular weight excluding hydrogens is 208 g/mol. The minimum Gasteiger partial charge on any atom is -0.481 e. The van der Waals surface area contributed by atoms with Crippen LogP contribution in [-0.4, -0.2) is 22.6 Å². The molecule has 88 valence electrons. The third-order valence-corrected chi connectivity index (χ3v) is 2.77. The van der Waals surface area contributed by atoms with Gasteiger partial charge in [-0.25, -0.2) is 4.98 Å². The second-order valence-electron chi connectivity index (χ2n) is 4.07. The molecule has 1 fully saturated rings. The van der Waals surface area contributed by atoms with E-state index in [2.05, 4.69) is 10.3 Å². The third-order valence-electron chi connectivity index (χ3n) is 2.77. The summed E-state index contributed by atoms with van der Waals surface area (Å²) in [4.78, 5) is 14.7. The molecule has 0 bridgehead atoms. The molecular formula is C11H16N2O3. The van der Waals surface area contributed by atoms with E-state index in [9.17, 15) is 4.79 Å². The Morgan fingerprint density at radius 2 is 2.50 bits per heavy atom. The molecule has 0 aliphatic carbocycles. The number of aryl methyl sites for hydroxylation is 1. The first-order valence-corrected chi connectivity index (χ1v) is 5.65. The summed E-state index contributed by atoms with van der Waals surface area (Å²) in [5, 5.41) is 11.9. The van der Waals surface area contributed by atoms with Crippen molar-refractivity contribution < 1.29 is 14.3 Å². The predicted octanol–water partition coefficient (Wildman–Crippen LogP) is 1.51. The van der Waals surface area contributed by atoms with Crippen LogP contribution in [0.15, 0.2) is 10.7 Å². The van der Waals surface area contributed by atoms with E-state index in [0.29, 0.717) is 12.3 Å². The molecule has 5 nitrogen and oxygen atoms in total. The number of hydrogen-bond acceptors (Lipinski definition) is 4. The number of carbonyl (C=O) groups is 1. The molecule has 0 aromatic carbocycles. The van der Waals surface area contributed by atoms with Crippen LogP contribution in [0.1, 0.15) is 43.3 Å². The molecule has 0 saturated carbocycles. The van der Waals surface area contributed by atoms with Crippen molar-refractivity contribution in [3.05, 3.63) is 17.8 Å². The van der Waals surface area contributed by atoms with E-state index in [-0.39, 0.29) is 12.5 Å². The van der Waals surface area contributed by atoms with Crippen LogP contribution in [0.5, 0.6) is 0 Å². The lowest BCUT2D eigenvalue weighted by Gasteiger charge is -2.20. The summed E-state index contributed by atoms with van der Waals surface area (Å²) in [5.41, 5.74) is 0.727. The SMILES string of the molecule is O=C(O)CCc1coc(C2CCCCN2)n1. The van der Waals surface area contributed by atoms with Gasteiger partial charge in [0.05, 0.1) is 18.2 Å². The Hall–Kier alpha value is -1.36. The number of hydrogen-bond donors (Lipinski definition) is 2. The van der Waals surface area contributed by atoms with Gasteiger partial charge < -0.3 is 14.8 Å². The number of nitrogens with one attached hydrogen (secondary N) is 1. The first-order chi connectivity index (χ1) is 7.75. The maximum Gasteiger partial charge on any atom is 0.303 e. The molecule has 1 aromatic heterocycles. The minimum absolute atomic E-state index is 0.101. The zero-order valence-corrected chi connectivity index (χ0v) is 9.11. The standard InChI is InChI=1S/C11H16N2O3/c14-10(15)5-4-8-7-16-11(13-8)9-3-1-2-6-12-9/h7,9,12H,1-6H2,(H,14,15). The Morgan fingerprint density at radius 1 is 1.62 bits per heavy atom. The van der Waals surface area contributed by atoms with Gasteiger partial charge in [0.1, 0.15) is 6.26 Å². The Morgan fingerprint density at radius 3 is 3.19 bits per heavy atom. The quantitative estimate of drug-likeness (QED) is 0.810. The summed E-state index contributed by atoms with van der Waals surface area (Å²) >= 11 is 0. The number of aromatic nitrogens is 1. The summed E-state index contributed by atoms with van der Waals surface area (Å²) in [5.74, 6) is -0.111. The molecule has 1 aliphatic heterocycles. The van der Waals surface area contributed by atoms with Gasteiger partial charge in [0.25, 0.3) is 0 Å². The second-order valence-corrected chi connectivity index (χ2v) is 4.07. The van der Waals surface area contributed by atoms with Gasteiger partial charge in [0.15, 0.2) is 0 Å². The first-order valence-electron chi connectivity index (χ1n) is 5.65. The lowest BCUT2D eigenvalue weighted by Crippen LogP contribution is -2.26. The number of carboxylic acids is 1. The summed E-state index contributed by atoms with van der Waals surface area (Å²) in [6.45, 7) is 0.998. The highest BCUT2D eigenvalue weighted by Crippen LogP contribution is 2.22. The minimum atomic E-state index is -0.805. The van der Waals surface area contributed by atoms with Crippen molar-refractivity contribution in [3.63, 3.8) is 0 Å². The van der Waals surface area contributed by atoms with E-state index >= 15 is 0 Å². The molecule has 2 rings (SSSR count). The average molecular weight is 224 g/mol. The van der Waals surface area contributed by atoms with Gasteiger partial charge >= 0.3 is 5.97 Å². The van der Waals surface area contributed by atoms with E-state index in [1.165, 1.54) is 12.8 Å². The topological polar surface area (TPSA) is 75.4 Å². The molecule has 1 aromatic rings. The molecule has 1 aliphatic rings.